The number of amides is 1. The minimum absolute atomic E-state index is 0.0963. The summed E-state index contributed by atoms with van der Waals surface area (Å²) in [6, 6.07) is 15.7. The molecular weight excluding hydrogens is 350 g/mol. The molecule has 1 amide bonds. The molecule has 0 radical (unpaired) electrons. The molecule has 3 aromatic rings. The van der Waals surface area contributed by atoms with Crippen molar-refractivity contribution >= 4 is 16.8 Å². The van der Waals surface area contributed by atoms with Gasteiger partial charge in [0.15, 0.2) is 0 Å². The highest BCUT2D eigenvalue weighted by molar-refractivity contribution is 6.09. The molecule has 5 heteroatoms. The molecular formula is C23H25N3O2. The Kier molecular flexibility index (Phi) is 5.01. The largest absolute Gasteiger partial charge is 0.497 e. The van der Waals surface area contributed by atoms with E-state index < -0.39 is 0 Å². The molecule has 28 heavy (non-hydrogen) atoms. The van der Waals surface area contributed by atoms with Gasteiger partial charge in [0, 0.05) is 37.1 Å². The molecule has 4 rings (SSSR count). The number of benzene rings is 2. The smallest absolute Gasteiger partial charge is 0.254 e. The van der Waals surface area contributed by atoms with Crippen molar-refractivity contribution in [1.82, 2.24) is 14.8 Å². The van der Waals surface area contributed by atoms with Crippen LogP contribution in [0.25, 0.3) is 22.2 Å². The van der Waals surface area contributed by atoms with Crippen molar-refractivity contribution in [2.45, 2.75) is 6.92 Å². The maximum absolute atomic E-state index is 13.5. The zero-order valence-corrected chi connectivity index (χ0v) is 16.6. The minimum atomic E-state index is 0.0963. The number of fused-ring (bicyclic) bond motifs is 1. The van der Waals surface area contributed by atoms with Crippen LogP contribution in [0.4, 0.5) is 0 Å². The van der Waals surface area contributed by atoms with Gasteiger partial charge in [-0.2, -0.15) is 0 Å². The Morgan fingerprint density at radius 3 is 2.36 bits per heavy atom. The van der Waals surface area contributed by atoms with Crippen molar-refractivity contribution in [2.24, 2.45) is 0 Å². The van der Waals surface area contributed by atoms with Gasteiger partial charge < -0.3 is 14.5 Å². The van der Waals surface area contributed by atoms with E-state index in [1.807, 2.05) is 60.4 Å². The third kappa shape index (κ3) is 3.34. The molecule has 2 aromatic carbocycles. The molecule has 1 aliphatic heterocycles. The lowest BCUT2D eigenvalue weighted by Crippen LogP contribution is -2.47. The van der Waals surface area contributed by atoms with E-state index in [0.717, 1.165) is 65.2 Å². The molecule has 144 valence electrons. The van der Waals surface area contributed by atoms with Gasteiger partial charge in [-0.15, -0.1) is 0 Å². The second-order valence-electron chi connectivity index (χ2n) is 7.30. The van der Waals surface area contributed by atoms with Crippen LogP contribution in [-0.4, -0.2) is 61.0 Å². The number of pyridine rings is 1. The summed E-state index contributed by atoms with van der Waals surface area (Å²) in [7, 11) is 3.75. The number of piperazine rings is 1. The topological polar surface area (TPSA) is 45.7 Å². The van der Waals surface area contributed by atoms with Crippen LogP contribution in [0.15, 0.2) is 48.5 Å². The summed E-state index contributed by atoms with van der Waals surface area (Å²) in [5, 5.41) is 0.918. The quantitative estimate of drug-likeness (QED) is 0.702. The standard InChI is InChI=1S/C23H25N3O2/c1-16-21(23(27)26-14-12-25(2)13-15-26)19-6-4-5-7-20(19)24-22(16)17-8-10-18(28-3)11-9-17/h4-11H,12-15H2,1-3H3. The maximum atomic E-state index is 13.5. The Hall–Kier alpha value is -2.92. The number of methoxy groups -OCH3 is 1. The monoisotopic (exact) mass is 375 g/mol. The molecule has 1 aromatic heterocycles. The number of likely N-dealkylation sites (N-methyl/N-ethyl adjacent to an activating group) is 1. The van der Waals surface area contributed by atoms with E-state index in [2.05, 4.69) is 11.9 Å². The Balaban J connectivity index is 1.84. The highest BCUT2D eigenvalue weighted by atomic mass is 16.5. The van der Waals surface area contributed by atoms with E-state index in [-0.39, 0.29) is 5.91 Å². The molecule has 2 heterocycles. The first kappa shape index (κ1) is 18.4. The lowest BCUT2D eigenvalue weighted by Gasteiger charge is -2.33. The lowest BCUT2D eigenvalue weighted by atomic mass is 9.96. The van der Waals surface area contributed by atoms with Crippen LogP contribution in [-0.2, 0) is 0 Å². The highest BCUT2D eigenvalue weighted by Gasteiger charge is 2.25. The molecule has 0 spiro atoms. The van der Waals surface area contributed by atoms with Gasteiger partial charge >= 0.3 is 0 Å². The van der Waals surface area contributed by atoms with Crippen LogP contribution in [0.2, 0.25) is 0 Å². The van der Waals surface area contributed by atoms with E-state index in [4.69, 9.17) is 9.72 Å². The summed E-state index contributed by atoms with van der Waals surface area (Å²) in [5.41, 5.74) is 4.36. The van der Waals surface area contributed by atoms with Gasteiger partial charge in [0.2, 0.25) is 0 Å². The van der Waals surface area contributed by atoms with E-state index in [0.29, 0.717) is 0 Å². The molecule has 0 N–H and O–H groups in total. The van der Waals surface area contributed by atoms with Crippen molar-refractivity contribution < 1.29 is 9.53 Å². The fourth-order valence-electron chi connectivity index (χ4n) is 3.78. The van der Waals surface area contributed by atoms with Crippen molar-refractivity contribution in [2.75, 3.05) is 40.3 Å². The number of nitrogens with zero attached hydrogens (tertiary/aromatic N) is 3. The Labute approximate surface area is 165 Å². The number of carbonyl (C=O) groups is 1. The molecule has 0 unspecified atom stereocenters. The fraction of sp³-hybridized carbons (Fsp3) is 0.304. The Morgan fingerprint density at radius 1 is 1.00 bits per heavy atom. The summed E-state index contributed by atoms with van der Waals surface area (Å²) in [4.78, 5) is 22.6. The molecule has 0 saturated carbocycles. The van der Waals surface area contributed by atoms with Crippen molar-refractivity contribution in [3.05, 3.63) is 59.7 Å². The SMILES string of the molecule is COc1ccc(-c2nc3ccccc3c(C(=O)N3CCN(C)CC3)c2C)cc1. The van der Waals surface area contributed by atoms with Crippen LogP contribution in [0.3, 0.4) is 0 Å². The van der Waals surface area contributed by atoms with Gasteiger partial charge in [0.05, 0.1) is 23.9 Å². The predicted octanol–water partition coefficient (Wildman–Crippen LogP) is 3.61. The molecule has 0 bridgehead atoms. The first-order valence-corrected chi connectivity index (χ1v) is 9.60. The van der Waals surface area contributed by atoms with E-state index >= 15 is 0 Å². The van der Waals surface area contributed by atoms with E-state index in [9.17, 15) is 4.79 Å². The van der Waals surface area contributed by atoms with Crippen LogP contribution in [0.1, 0.15) is 15.9 Å². The van der Waals surface area contributed by atoms with Crippen LogP contribution in [0.5, 0.6) is 5.75 Å². The van der Waals surface area contributed by atoms with Gasteiger partial charge in [-0.25, -0.2) is 4.98 Å². The molecule has 1 fully saturated rings. The number of carbonyl (C=O) groups excluding carboxylic acids is 1. The van der Waals surface area contributed by atoms with Crippen LogP contribution in [0, 0.1) is 6.92 Å². The summed E-state index contributed by atoms with van der Waals surface area (Å²) in [5.74, 6) is 0.898. The highest BCUT2D eigenvalue weighted by Crippen LogP contribution is 2.31. The Bertz CT molecular complexity index is 1010. The van der Waals surface area contributed by atoms with E-state index in [1.54, 1.807) is 7.11 Å². The normalized spacial score (nSPS) is 15.0. The summed E-state index contributed by atoms with van der Waals surface area (Å²) < 4.78 is 5.27. The van der Waals surface area contributed by atoms with Crippen molar-refractivity contribution in [3.63, 3.8) is 0 Å². The second kappa shape index (κ2) is 7.60. The second-order valence-corrected chi connectivity index (χ2v) is 7.30. The van der Waals surface area contributed by atoms with Crippen LogP contribution >= 0.6 is 0 Å². The lowest BCUT2D eigenvalue weighted by molar-refractivity contribution is 0.0665. The number of aromatic nitrogens is 1. The number of rotatable bonds is 3. The first-order chi connectivity index (χ1) is 13.6. The van der Waals surface area contributed by atoms with Crippen molar-refractivity contribution in [3.8, 4) is 17.0 Å². The summed E-state index contributed by atoms with van der Waals surface area (Å²) >= 11 is 0. The van der Waals surface area contributed by atoms with Crippen molar-refractivity contribution in [1.29, 1.82) is 0 Å². The zero-order valence-electron chi connectivity index (χ0n) is 16.6. The molecule has 1 saturated heterocycles. The molecule has 5 nitrogen and oxygen atoms in total. The number of hydrogen-bond acceptors (Lipinski definition) is 4. The van der Waals surface area contributed by atoms with Gasteiger partial charge in [0.1, 0.15) is 5.75 Å². The number of para-hydroxylation sites is 1. The number of hydrogen-bond donors (Lipinski definition) is 0. The molecule has 1 aliphatic rings. The third-order valence-corrected chi connectivity index (χ3v) is 5.50. The first-order valence-electron chi connectivity index (χ1n) is 9.60. The summed E-state index contributed by atoms with van der Waals surface area (Å²) in [6.45, 7) is 5.31. The average molecular weight is 375 g/mol. The van der Waals surface area contributed by atoms with Gasteiger partial charge in [-0.3, -0.25) is 4.79 Å². The third-order valence-electron chi connectivity index (χ3n) is 5.50. The zero-order chi connectivity index (χ0) is 19.7. The molecule has 0 aliphatic carbocycles. The number of ether oxygens (including phenoxy) is 1. The predicted molar refractivity (Wildman–Crippen MR) is 112 cm³/mol. The van der Waals surface area contributed by atoms with Gasteiger partial charge in [0.25, 0.3) is 5.91 Å². The molecule has 0 atom stereocenters. The average Bonchev–Trinajstić information content (AvgIpc) is 2.73. The Morgan fingerprint density at radius 2 is 1.68 bits per heavy atom. The van der Waals surface area contributed by atoms with Crippen LogP contribution < -0.4 is 4.74 Å². The van der Waals surface area contributed by atoms with Gasteiger partial charge in [-0.05, 0) is 49.9 Å². The van der Waals surface area contributed by atoms with E-state index in [1.165, 1.54) is 0 Å². The minimum Gasteiger partial charge on any atom is -0.497 e. The summed E-state index contributed by atoms with van der Waals surface area (Å²) in [6.07, 6.45) is 0. The fourth-order valence-corrected chi connectivity index (χ4v) is 3.78. The van der Waals surface area contributed by atoms with Gasteiger partial charge in [-0.1, -0.05) is 18.2 Å². The maximum Gasteiger partial charge on any atom is 0.254 e.